The number of aromatic nitrogens is 4. The molecule has 2 aromatic heterocycles. The molecule has 0 radical (unpaired) electrons. The number of benzene rings is 1. The van der Waals surface area contributed by atoms with E-state index in [2.05, 4.69) is 20.3 Å². The number of para-hydroxylation sites is 2. The van der Waals surface area contributed by atoms with Crippen LogP contribution in [0.5, 0.6) is 0 Å². The molecule has 1 aliphatic heterocycles. The van der Waals surface area contributed by atoms with Crippen LogP contribution >= 0.6 is 0 Å². The number of carbonyl (C=O) groups is 1. The van der Waals surface area contributed by atoms with E-state index in [0.717, 1.165) is 23.4 Å². The minimum absolute atomic E-state index is 0.109. The number of amides is 1. The van der Waals surface area contributed by atoms with Gasteiger partial charge in [-0.3, -0.25) is 9.78 Å². The van der Waals surface area contributed by atoms with Gasteiger partial charge in [-0.2, -0.15) is 0 Å². The van der Waals surface area contributed by atoms with Crippen LogP contribution in [-0.4, -0.2) is 50.0 Å². The Morgan fingerprint density at radius 3 is 2.88 bits per heavy atom. The second kappa shape index (κ2) is 6.01. The second-order valence-corrected chi connectivity index (χ2v) is 5.86. The molecule has 0 spiro atoms. The normalized spacial score (nSPS) is 18.0. The number of nitrogens with zero attached hydrogens (tertiary/aromatic N) is 5. The lowest BCUT2D eigenvalue weighted by atomic mass is 10.1. The van der Waals surface area contributed by atoms with Gasteiger partial charge in [0.2, 0.25) is 0 Å². The lowest BCUT2D eigenvalue weighted by molar-refractivity contribution is 0.0614. The summed E-state index contributed by atoms with van der Waals surface area (Å²) in [5.41, 5.74) is 1.89. The SMILES string of the molecule is Cn1ccnc1C1CNCCN1C(=O)c1cnc2ccccc2n1. The van der Waals surface area contributed by atoms with Crippen molar-refractivity contribution < 1.29 is 4.79 Å². The quantitative estimate of drug-likeness (QED) is 0.766. The maximum absolute atomic E-state index is 13.0. The summed E-state index contributed by atoms with van der Waals surface area (Å²) in [7, 11) is 1.94. The third-order valence-corrected chi connectivity index (χ3v) is 4.33. The zero-order chi connectivity index (χ0) is 16.5. The van der Waals surface area contributed by atoms with Crippen molar-refractivity contribution in [2.24, 2.45) is 7.05 Å². The third-order valence-electron chi connectivity index (χ3n) is 4.33. The van der Waals surface area contributed by atoms with E-state index in [9.17, 15) is 4.79 Å². The first-order chi connectivity index (χ1) is 11.7. The lowest BCUT2D eigenvalue weighted by Crippen LogP contribution is -2.49. The molecule has 3 aromatic rings. The molecule has 1 amide bonds. The summed E-state index contributed by atoms with van der Waals surface area (Å²) < 4.78 is 1.95. The number of hydrogen-bond donors (Lipinski definition) is 1. The number of nitrogens with one attached hydrogen (secondary N) is 1. The molecule has 3 heterocycles. The van der Waals surface area contributed by atoms with Crippen molar-refractivity contribution in [3.05, 3.63) is 54.4 Å². The Morgan fingerprint density at radius 1 is 1.25 bits per heavy atom. The van der Waals surface area contributed by atoms with Crippen LogP contribution in [0.2, 0.25) is 0 Å². The summed E-state index contributed by atoms with van der Waals surface area (Å²) in [5, 5.41) is 3.33. The first-order valence-electron chi connectivity index (χ1n) is 7.95. The molecule has 122 valence electrons. The third kappa shape index (κ3) is 2.52. The number of fused-ring (bicyclic) bond motifs is 1. The zero-order valence-electron chi connectivity index (χ0n) is 13.4. The smallest absolute Gasteiger partial charge is 0.274 e. The molecule has 1 unspecified atom stereocenters. The predicted octanol–water partition coefficient (Wildman–Crippen LogP) is 1.15. The average Bonchev–Trinajstić information content (AvgIpc) is 3.06. The maximum atomic E-state index is 13.0. The number of hydrogen-bond acceptors (Lipinski definition) is 5. The summed E-state index contributed by atoms with van der Waals surface area (Å²) in [6.07, 6.45) is 5.20. The molecule has 1 fully saturated rings. The van der Waals surface area contributed by atoms with Crippen LogP contribution in [0.15, 0.2) is 42.9 Å². The Labute approximate surface area is 139 Å². The van der Waals surface area contributed by atoms with Crippen LogP contribution in [0.1, 0.15) is 22.4 Å². The first kappa shape index (κ1) is 14.8. The molecule has 7 nitrogen and oxygen atoms in total. The van der Waals surface area contributed by atoms with Crippen LogP contribution in [0.3, 0.4) is 0 Å². The zero-order valence-corrected chi connectivity index (χ0v) is 13.4. The minimum Gasteiger partial charge on any atom is -0.336 e. The maximum Gasteiger partial charge on any atom is 0.274 e. The molecule has 24 heavy (non-hydrogen) atoms. The van der Waals surface area contributed by atoms with E-state index in [0.29, 0.717) is 18.8 Å². The Balaban J connectivity index is 1.69. The fourth-order valence-electron chi connectivity index (χ4n) is 3.08. The predicted molar refractivity (Wildman–Crippen MR) is 89.4 cm³/mol. The van der Waals surface area contributed by atoms with Crippen molar-refractivity contribution in [3.63, 3.8) is 0 Å². The van der Waals surface area contributed by atoms with Crippen molar-refractivity contribution in [3.8, 4) is 0 Å². The van der Waals surface area contributed by atoms with Gasteiger partial charge < -0.3 is 14.8 Å². The van der Waals surface area contributed by atoms with Gasteiger partial charge in [-0.1, -0.05) is 12.1 Å². The van der Waals surface area contributed by atoms with E-state index >= 15 is 0 Å². The van der Waals surface area contributed by atoms with Crippen LogP contribution in [0.25, 0.3) is 11.0 Å². The van der Waals surface area contributed by atoms with Crippen LogP contribution in [0.4, 0.5) is 0 Å². The highest BCUT2D eigenvalue weighted by molar-refractivity contribution is 5.94. The number of piperazine rings is 1. The summed E-state index contributed by atoms with van der Waals surface area (Å²) in [4.78, 5) is 28.1. The van der Waals surface area contributed by atoms with Crippen molar-refractivity contribution in [1.29, 1.82) is 0 Å². The summed E-state index contributed by atoms with van der Waals surface area (Å²) in [6.45, 7) is 2.05. The summed E-state index contributed by atoms with van der Waals surface area (Å²) in [6, 6.07) is 7.45. The first-order valence-corrected chi connectivity index (χ1v) is 7.95. The van der Waals surface area contributed by atoms with E-state index in [1.807, 2.05) is 47.0 Å². The second-order valence-electron chi connectivity index (χ2n) is 5.86. The van der Waals surface area contributed by atoms with Gasteiger partial charge in [0, 0.05) is 39.1 Å². The highest BCUT2D eigenvalue weighted by Gasteiger charge is 2.31. The molecule has 7 heteroatoms. The van der Waals surface area contributed by atoms with Crippen molar-refractivity contribution in [2.75, 3.05) is 19.6 Å². The molecular weight excluding hydrogens is 304 g/mol. The molecule has 1 aromatic carbocycles. The van der Waals surface area contributed by atoms with Gasteiger partial charge in [-0.05, 0) is 12.1 Å². The molecule has 0 bridgehead atoms. The van der Waals surface area contributed by atoms with Gasteiger partial charge >= 0.3 is 0 Å². The Hall–Kier alpha value is -2.80. The van der Waals surface area contributed by atoms with E-state index in [-0.39, 0.29) is 11.9 Å². The molecule has 0 aliphatic carbocycles. The van der Waals surface area contributed by atoms with Gasteiger partial charge in [-0.15, -0.1) is 0 Å². The number of imidazole rings is 1. The highest BCUT2D eigenvalue weighted by atomic mass is 16.2. The summed E-state index contributed by atoms with van der Waals surface area (Å²) >= 11 is 0. The van der Waals surface area contributed by atoms with E-state index in [1.165, 1.54) is 0 Å². The molecule has 1 aliphatic rings. The van der Waals surface area contributed by atoms with E-state index in [4.69, 9.17) is 0 Å². The molecule has 4 rings (SSSR count). The molecule has 1 saturated heterocycles. The van der Waals surface area contributed by atoms with Crippen LogP contribution in [0, 0.1) is 0 Å². The van der Waals surface area contributed by atoms with Crippen molar-refractivity contribution >= 4 is 16.9 Å². The van der Waals surface area contributed by atoms with Gasteiger partial charge in [-0.25, -0.2) is 9.97 Å². The van der Waals surface area contributed by atoms with Crippen molar-refractivity contribution in [1.82, 2.24) is 29.7 Å². The van der Waals surface area contributed by atoms with Gasteiger partial charge in [0.25, 0.3) is 5.91 Å². The molecule has 0 saturated carbocycles. The van der Waals surface area contributed by atoms with Crippen molar-refractivity contribution in [2.45, 2.75) is 6.04 Å². The molecule has 1 atom stereocenters. The Kier molecular flexibility index (Phi) is 3.70. The molecular formula is C17H18N6O. The average molecular weight is 322 g/mol. The van der Waals surface area contributed by atoms with E-state index < -0.39 is 0 Å². The largest absolute Gasteiger partial charge is 0.336 e. The fraction of sp³-hybridized carbons (Fsp3) is 0.294. The fourth-order valence-corrected chi connectivity index (χ4v) is 3.08. The number of rotatable bonds is 2. The topological polar surface area (TPSA) is 75.9 Å². The summed E-state index contributed by atoms with van der Waals surface area (Å²) in [5.74, 6) is 0.757. The number of carbonyl (C=O) groups excluding carboxylic acids is 1. The van der Waals surface area contributed by atoms with Crippen LogP contribution in [-0.2, 0) is 7.05 Å². The lowest BCUT2D eigenvalue weighted by Gasteiger charge is -2.35. The van der Waals surface area contributed by atoms with Gasteiger partial charge in [0.1, 0.15) is 17.6 Å². The standard InChI is InChI=1S/C17H18N6O/c1-22-8-7-19-16(22)15-11-18-6-9-23(15)17(24)14-10-20-12-4-2-3-5-13(12)21-14/h2-5,7-8,10,15,18H,6,9,11H2,1H3. The minimum atomic E-state index is -0.112. The highest BCUT2D eigenvalue weighted by Crippen LogP contribution is 2.22. The van der Waals surface area contributed by atoms with E-state index in [1.54, 1.807) is 12.4 Å². The Bertz CT molecular complexity index is 889. The van der Waals surface area contributed by atoms with Crippen LogP contribution < -0.4 is 5.32 Å². The monoisotopic (exact) mass is 322 g/mol. The number of aryl methyl sites for hydroxylation is 1. The van der Waals surface area contributed by atoms with Gasteiger partial charge in [0.15, 0.2) is 0 Å². The molecule has 1 N–H and O–H groups in total. The van der Waals surface area contributed by atoms with Gasteiger partial charge in [0.05, 0.1) is 17.2 Å². The Morgan fingerprint density at radius 2 is 2.08 bits per heavy atom.